The van der Waals surface area contributed by atoms with E-state index in [1.807, 2.05) is 24.3 Å². The predicted octanol–water partition coefficient (Wildman–Crippen LogP) is 3.30. The van der Waals surface area contributed by atoms with E-state index in [1.165, 1.54) is 0 Å². The number of anilines is 1. The highest BCUT2D eigenvalue weighted by Gasteiger charge is 2.28. The molecule has 25 heavy (non-hydrogen) atoms. The second-order valence-electron chi connectivity index (χ2n) is 6.50. The van der Waals surface area contributed by atoms with Gasteiger partial charge in [-0.3, -0.25) is 0 Å². The minimum Gasteiger partial charge on any atom is -0.494 e. The molecule has 1 heterocycles. The van der Waals surface area contributed by atoms with E-state index in [-0.39, 0.29) is 23.6 Å². The second-order valence-corrected chi connectivity index (χ2v) is 8.81. The summed E-state index contributed by atoms with van der Waals surface area (Å²) in [6.45, 7) is 2.85. The Morgan fingerprint density at radius 1 is 1.20 bits per heavy atom. The van der Waals surface area contributed by atoms with Crippen molar-refractivity contribution in [3.05, 3.63) is 24.3 Å². The summed E-state index contributed by atoms with van der Waals surface area (Å²) in [5, 5.41) is 2.85. The maximum absolute atomic E-state index is 12.3. The number of carbonyl (C=O) groups is 1. The summed E-state index contributed by atoms with van der Waals surface area (Å²) in [6, 6.07) is 7.05. The highest BCUT2D eigenvalue weighted by molar-refractivity contribution is 7.91. The van der Waals surface area contributed by atoms with E-state index >= 15 is 0 Å². The van der Waals surface area contributed by atoms with Crippen molar-refractivity contribution in [2.45, 2.75) is 45.1 Å². The normalized spacial score (nSPS) is 17.0. The van der Waals surface area contributed by atoms with E-state index < -0.39 is 9.84 Å². The van der Waals surface area contributed by atoms with Crippen molar-refractivity contribution in [1.82, 2.24) is 4.90 Å². The maximum atomic E-state index is 12.3. The molecule has 7 heteroatoms. The molecule has 1 saturated heterocycles. The molecule has 0 saturated carbocycles. The molecular formula is C18H28N2O4S. The van der Waals surface area contributed by atoms with Crippen LogP contribution in [0.1, 0.15) is 39.0 Å². The van der Waals surface area contributed by atoms with Crippen molar-refractivity contribution in [1.29, 1.82) is 0 Å². The number of carbonyl (C=O) groups excluding carboxylic acids is 1. The number of rotatable bonds is 7. The monoisotopic (exact) mass is 368 g/mol. The number of hydrogen-bond acceptors (Lipinski definition) is 4. The van der Waals surface area contributed by atoms with Gasteiger partial charge in [0.05, 0.1) is 18.1 Å². The zero-order valence-corrected chi connectivity index (χ0v) is 15.8. The average molecular weight is 368 g/mol. The number of amides is 2. The lowest BCUT2D eigenvalue weighted by molar-refractivity contribution is 0.199. The van der Waals surface area contributed by atoms with Gasteiger partial charge in [0.2, 0.25) is 0 Å². The Labute approximate surface area is 150 Å². The van der Waals surface area contributed by atoms with Crippen molar-refractivity contribution < 1.29 is 17.9 Å². The molecule has 0 atom stereocenters. The van der Waals surface area contributed by atoms with Crippen molar-refractivity contribution in [3.8, 4) is 5.75 Å². The summed E-state index contributed by atoms with van der Waals surface area (Å²) in [7, 11) is -1.21. The van der Waals surface area contributed by atoms with E-state index in [4.69, 9.17) is 4.74 Å². The molecule has 1 aromatic carbocycles. The first-order valence-electron chi connectivity index (χ1n) is 8.88. The van der Waals surface area contributed by atoms with E-state index in [1.54, 1.807) is 11.9 Å². The third-order valence-corrected chi connectivity index (χ3v) is 6.23. The Morgan fingerprint density at radius 3 is 2.44 bits per heavy atom. The average Bonchev–Trinajstić information content (AvgIpc) is 2.59. The van der Waals surface area contributed by atoms with E-state index in [9.17, 15) is 13.2 Å². The van der Waals surface area contributed by atoms with Crippen LogP contribution < -0.4 is 10.1 Å². The quantitative estimate of drug-likeness (QED) is 0.749. The first-order chi connectivity index (χ1) is 11.9. The van der Waals surface area contributed by atoms with Gasteiger partial charge in [-0.05, 0) is 43.5 Å². The molecule has 2 amide bonds. The van der Waals surface area contributed by atoms with Crippen LogP contribution in [0.5, 0.6) is 5.75 Å². The van der Waals surface area contributed by atoms with Gasteiger partial charge in [-0.15, -0.1) is 0 Å². The number of hydrogen-bond donors (Lipinski definition) is 1. The van der Waals surface area contributed by atoms with E-state index in [0.29, 0.717) is 25.1 Å². The summed E-state index contributed by atoms with van der Waals surface area (Å²) >= 11 is 0. The topological polar surface area (TPSA) is 75.7 Å². The summed E-state index contributed by atoms with van der Waals surface area (Å²) in [5.41, 5.74) is 0.696. The van der Waals surface area contributed by atoms with Crippen LogP contribution >= 0.6 is 0 Å². The van der Waals surface area contributed by atoms with E-state index in [2.05, 4.69) is 12.2 Å². The Bertz CT molecular complexity index is 644. The Morgan fingerprint density at radius 2 is 1.84 bits per heavy atom. The fourth-order valence-electron chi connectivity index (χ4n) is 2.82. The molecule has 2 rings (SSSR count). The summed E-state index contributed by atoms with van der Waals surface area (Å²) in [6.07, 6.45) is 4.35. The highest BCUT2D eigenvalue weighted by atomic mass is 32.2. The zero-order chi connectivity index (χ0) is 18.3. The maximum Gasteiger partial charge on any atom is 0.321 e. The predicted molar refractivity (Wildman–Crippen MR) is 99.9 cm³/mol. The first kappa shape index (κ1) is 19.6. The zero-order valence-electron chi connectivity index (χ0n) is 15.0. The smallest absolute Gasteiger partial charge is 0.321 e. The van der Waals surface area contributed by atoms with Crippen LogP contribution in [0.3, 0.4) is 0 Å². The molecule has 1 aliphatic heterocycles. The molecule has 1 N–H and O–H groups in total. The van der Waals surface area contributed by atoms with Crippen LogP contribution in [0.2, 0.25) is 0 Å². The number of nitrogens with one attached hydrogen (secondary N) is 1. The van der Waals surface area contributed by atoms with Crippen molar-refractivity contribution >= 4 is 21.6 Å². The Hall–Kier alpha value is -1.76. The van der Waals surface area contributed by atoms with Crippen LogP contribution in [-0.2, 0) is 9.84 Å². The molecule has 1 aromatic rings. The van der Waals surface area contributed by atoms with Crippen LogP contribution in [0, 0.1) is 0 Å². The lowest BCUT2D eigenvalue weighted by atomic mass is 10.1. The number of sulfone groups is 1. The van der Waals surface area contributed by atoms with Gasteiger partial charge in [-0.2, -0.15) is 0 Å². The molecule has 0 aromatic heterocycles. The van der Waals surface area contributed by atoms with Gasteiger partial charge in [0.25, 0.3) is 0 Å². The summed E-state index contributed by atoms with van der Waals surface area (Å²) < 4.78 is 28.6. The first-order valence-corrected chi connectivity index (χ1v) is 10.7. The molecule has 0 spiro atoms. The molecule has 0 aliphatic carbocycles. The minimum atomic E-state index is -2.92. The summed E-state index contributed by atoms with van der Waals surface area (Å²) in [4.78, 5) is 13.9. The molecular weight excluding hydrogens is 340 g/mol. The standard InChI is InChI=1S/C18H28N2O4S/c1-3-4-5-12-24-17-8-6-15(7-9-17)19-18(21)20(2)16-10-13-25(22,23)14-11-16/h6-9,16H,3-5,10-14H2,1-2H3,(H,19,21). The largest absolute Gasteiger partial charge is 0.494 e. The van der Waals surface area contributed by atoms with Gasteiger partial charge in [0.1, 0.15) is 15.6 Å². The molecule has 140 valence electrons. The fraction of sp³-hybridized carbons (Fsp3) is 0.611. The Balaban J connectivity index is 1.81. The van der Waals surface area contributed by atoms with E-state index in [0.717, 1.165) is 25.0 Å². The van der Waals surface area contributed by atoms with Gasteiger partial charge in [-0.1, -0.05) is 19.8 Å². The van der Waals surface area contributed by atoms with Crippen LogP contribution in [0.15, 0.2) is 24.3 Å². The molecule has 1 fully saturated rings. The number of ether oxygens (including phenoxy) is 1. The number of nitrogens with zero attached hydrogens (tertiary/aromatic N) is 1. The van der Waals surface area contributed by atoms with Gasteiger partial charge < -0.3 is 15.0 Å². The molecule has 0 unspecified atom stereocenters. The number of unbranched alkanes of at least 4 members (excludes halogenated alkanes) is 2. The van der Waals surface area contributed by atoms with Gasteiger partial charge in [0, 0.05) is 18.8 Å². The molecule has 1 aliphatic rings. The van der Waals surface area contributed by atoms with Crippen molar-refractivity contribution in [3.63, 3.8) is 0 Å². The molecule has 0 bridgehead atoms. The number of urea groups is 1. The van der Waals surface area contributed by atoms with Gasteiger partial charge in [0.15, 0.2) is 0 Å². The van der Waals surface area contributed by atoms with Gasteiger partial charge >= 0.3 is 6.03 Å². The molecule has 0 radical (unpaired) electrons. The van der Waals surface area contributed by atoms with Crippen LogP contribution in [0.4, 0.5) is 10.5 Å². The third kappa shape index (κ3) is 6.23. The fourth-order valence-corrected chi connectivity index (χ4v) is 4.29. The van der Waals surface area contributed by atoms with Crippen molar-refractivity contribution in [2.24, 2.45) is 0 Å². The minimum absolute atomic E-state index is 0.0373. The SMILES string of the molecule is CCCCCOc1ccc(NC(=O)N(C)C2CCS(=O)(=O)CC2)cc1. The number of benzene rings is 1. The Kier molecular flexibility index (Phi) is 7.11. The summed E-state index contributed by atoms with van der Waals surface area (Å²) in [5.74, 6) is 1.10. The third-order valence-electron chi connectivity index (χ3n) is 4.51. The van der Waals surface area contributed by atoms with Crippen molar-refractivity contribution in [2.75, 3.05) is 30.5 Å². The lowest BCUT2D eigenvalue weighted by Crippen LogP contribution is -2.44. The van der Waals surface area contributed by atoms with Gasteiger partial charge in [-0.25, -0.2) is 13.2 Å². The molecule has 6 nitrogen and oxygen atoms in total. The highest BCUT2D eigenvalue weighted by Crippen LogP contribution is 2.20. The second kappa shape index (κ2) is 9.08. The lowest BCUT2D eigenvalue weighted by Gasteiger charge is -2.31. The van der Waals surface area contributed by atoms with Crippen LogP contribution in [0.25, 0.3) is 0 Å². The van der Waals surface area contributed by atoms with Crippen LogP contribution in [-0.4, -0.2) is 50.6 Å².